The number of esters is 1. The average Bonchev–Trinajstić information content (AvgIpc) is 2.91. The molecule has 0 spiro atoms. The van der Waals surface area contributed by atoms with E-state index in [1.165, 1.54) is 4.68 Å². The Bertz CT molecular complexity index is 695. The number of rotatable bonds is 6. The molecule has 0 aliphatic carbocycles. The van der Waals surface area contributed by atoms with E-state index in [9.17, 15) is 4.79 Å². The van der Waals surface area contributed by atoms with Crippen LogP contribution in [0.4, 0.5) is 5.69 Å². The maximum Gasteiger partial charge on any atom is 0.327 e. The van der Waals surface area contributed by atoms with Crippen molar-refractivity contribution in [1.82, 2.24) is 15.0 Å². The minimum Gasteiger partial charge on any atom is -0.497 e. The van der Waals surface area contributed by atoms with E-state index in [2.05, 4.69) is 10.3 Å². The number of hydrogen-bond donors (Lipinski definition) is 1. The molecule has 124 valence electrons. The molecule has 0 saturated carbocycles. The first-order valence-electron chi connectivity index (χ1n) is 7.50. The molecule has 0 bridgehead atoms. The summed E-state index contributed by atoms with van der Waals surface area (Å²) in [5.41, 5.74) is 8.91. The fourth-order valence-electron chi connectivity index (χ4n) is 2.30. The highest BCUT2D eigenvalue weighted by Gasteiger charge is 2.21. The lowest BCUT2D eigenvalue weighted by molar-refractivity contribution is -0.144. The summed E-state index contributed by atoms with van der Waals surface area (Å²) in [6.07, 6.45) is 0. The number of carbonyl (C=O) groups excluding carboxylic acids is 1. The first-order valence-corrected chi connectivity index (χ1v) is 7.50. The number of nitrogens with zero attached hydrogens (tertiary/aromatic N) is 3. The van der Waals surface area contributed by atoms with Crippen LogP contribution in [0.2, 0.25) is 0 Å². The van der Waals surface area contributed by atoms with Crippen LogP contribution in [0.25, 0.3) is 11.3 Å². The second-order valence-corrected chi connectivity index (χ2v) is 5.39. The van der Waals surface area contributed by atoms with E-state index in [1.807, 2.05) is 19.9 Å². The van der Waals surface area contributed by atoms with Crippen LogP contribution in [0, 0.1) is 0 Å². The molecule has 0 atom stereocenters. The highest BCUT2D eigenvalue weighted by atomic mass is 16.5. The molecule has 2 N–H and O–H groups in total. The van der Waals surface area contributed by atoms with E-state index in [0.29, 0.717) is 23.7 Å². The maximum absolute atomic E-state index is 11.8. The maximum atomic E-state index is 11.8. The summed E-state index contributed by atoms with van der Waals surface area (Å²) < 4.78 is 11.8. The third-order valence-corrected chi connectivity index (χ3v) is 3.41. The molecule has 0 fully saturated rings. The van der Waals surface area contributed by atoms with Crippen molar-refractivity contribution in [2.45, 2.75) is 33.2 Å². The van der Waals surface area contributed by atoms with Crippen LogP contribution in [-0.4, -0.2) is 34.7 Å². The molecule has 1 heterocycles. The molecule has 0 aliphatic rings. The second kappa shape index (κ2) is 7.13. The van der Waals surface area contributed by atoms with Crippen LogP contribution < -0.4 is 10.5 Å². The van der Waals surface area contributed by atoms with E-state index >= 15 is 0 Å². The number of benzene rings is 1. The zero-order chi connectivity index (χ0) is 17.0. The van der Waals surface area contributed by atoms with E-state index in [1.54, 1.807) is 26.2 Å². The number of nitrogen functional groups attached to an aromatic ring is 1. The van der Waals surface area contributed by atoms with Crippen molar-refractivity contribution in [2.75, 3.05) is 19.5 Å². The lowest BCUT2D eigenvalue weighted by Gasteiger charge is -2.13. The molecule has 0 saturated heterocycles. The van der Waals surface area contributed by atoms with Crippen molar-refractivity contribution >= 4 is 11.7 Å². The molecule has 2 rings (SSSR count). The number of aromatic nitrogens is 3. The highest BCUT2D eigenvalue weighted by molar-refractivity contribution is 5.78. The van der Waals surface area contributed by atoms with Crippen molar-refractivity contribution in [3.8, 4) is 17.0 Å². The van der Waals surface area contributed by atoms with Gasteiger partial charge < -0.3 is 15.2 Å². The molecular formula is C16H22N4O3. The lowest BCUT2D eigenvalue weighted by Crippen LogP contribution is -2.16. The Kier molecular flexibility index (Phi) is 5.20. The predicted molar refractivity (Wildman–Crippen MR) is 87.1 cm³/mol. The molecule has 1 aromatic heterocycles. The van der Waals surface area contributed by atoms with Gasteiger partial charge in [0.05, 0.1) is 25.1 Å². The molecule has 0 radical (unpaired) electrons. The fraction of sp³-hybridized carbons (Fsp3) is 0.438. The predicted octanol–water partition coefficient (Wildman–Crippen LogP) is 2.22. The van der Waals surface area contributed by atoms with Gasteiger partial charge in [0.2, 0.25) is 0 Å². The summed E-state index contributed by atoms with van der Waals surface area (Å²) in [7, 11) is 1.59. The minimum atomic E-state index is -0.365. The molecule has 7 nitrogen and oxygen atoms in total. The van der Waals surface area contributed by atoms with Crippen molar-refractivity contribution < 1.29 is 14.3 Å². The van der Waals surface area contributed by atoms with Gasteiger partial charge in [0.1, 0.15) is 12.3 Å². The molecular weight excluding hydrogens is 296 g/mol. The molecule has 23 heavy (non-hydrogen) atoms. The van der Waals surface area contributed by atoms with Crippen LogP contribution in [0.1, 0.15) is 32.4 Å². The van der Waals surface area contributed by atoms with Gasteiger partial charge >= 0.3 is 5.97 Å². The Morgan fingerprint density at radius 3 is 2.74 bits per heavy atom. The van der Waals surface area contributed by atoms with E-state index in [-0.39, 0.29) is 18.4 Å². The van der Waals surface area contributed by atoms with E-state index < -0.39 is 0 Å². The lowest BCUT2D eigenvalue weighted by atomic mass is 10.0. The quantitative estimate of drug-likeness (QED) is 0.648. The fourth-order valence-corrected chi connectivity index (χ4v) is 2.30. The van der Waals surface area contributed by atoms with Crippen LogP contribution >= 0.6 is 0 Å². The Morgan fingerprint density at radius 1 is 1.39 bits per heavy atom. The second-order valence-electron chi connectivity index (χ2n) is 5.39. The Balaban J connectivity index is 2.54. The summed E-state index contributed by atoms with van der Waals surface area (Å²) in [5, 5.41) is 8.31. The molecule has 1 aromatic carbocycles. The number of methoxy groups -OCH3 is 1. The summed E-state index contributed by atoms with van der Waals surface area (Å²) in [5.74, 6) is 0.440. The monoisotopic (exact) mass is 318 g/mol. The molecule has 0 aliphatic heterocycles. The van der Waals surface area contributed by atoms with Crippen LogP contribution in [0.3, 0.4) is 0 Å². The van der Waals surface area contributed by atoms with Gasteiger partial charge in [-0.25, -0.2) is 4.68 Å². The van der Waals surface area contributed by atoms with Crippen molar-refractivity contribution in [1.29, 1.82) is 0 Å². The van der Waals surface area contributed by atoms with E-state index in [4.69, 9.17) is 15.2 Å². The Morgan fingerprint density at radius 2 is 2.13 bits per heavy atom. The van der Waals surface area contributed by atoms with Crippen LogP contribution in [0.15, 0.2) is 18.2 Å². The SMILES string of the molecule is CCOC(=O)Cn1nnc(C(C)C)c1-c1cc(OC)ccc1N. The van der Waals surface area contributed by atoms with Crippen LogP contribution in [0.5, 0.6) is 5.75 Å². The summed E-state index contributed by atoms with van der Waals surface area (Å²) in [6, 6.07) is 5.37. The van der Waals surface area contributed by atoms with Crippen LogP contribution in [-0.2, 0) is 16.1 Å². The average molecular weight is 318 g/mol. The van der Waals surface area contributed by atoms with Gasteiger partial charge in [-0.15, -0.1) is 5.10 Å². The van der Waals surface area contributed by atoms with Crippen molar-refractivity contribution in [3.63, 3.8) is 0 Å². The molecule has 7 heteroatoms. The normalized spacial score (nSPS) is 10.8. The Labute approximate surface area is 135 Å². The molecule has 0 unspecified atom stereocenters. The van der Waals surface area contributed by atoms with Gasteiger partial charge in [-0.3, -0.25) is 4.79 Å². The highest BCUT2D eigenvalue weighted by Crippen LogP contribution is 2.34. The zero-order valence-corrected chi connectivity index (χ0v) is 13.9. The first kappa shape index (κ1) is 16.8. The summed E-state index contributed by atoms with van der Waals surface area (Å²) in [4.78, 5) is 11.8. The number of nitrogens with two attached hydrogens (primary N) is 1. The van der Waals surface area contributed by atoms with Gasteiger partial charge in [-0.05, 0) is 31.0 Å². The number of anilines is 1. The molecule has 2 aromatic rings. The van der Waals surface area contributed by atoms with Gasteiger partial charge in [0.25, 0.3) is 0 Å². The van der Waals surface area contributed by atoms with Gasteiger partial charge in [-0.2, -0.15) is 0 Å². The van der Waals surface area contributed by atoms with Crippen molar-refractivity contribution in [2.24, 2.45) is 0 Å². The van der Waals surface area contributed by atoms with Gasteiger partial charge in [0.15, 0.2) is 0 Å². The Hall–Kier alpha value is -2.57. The number of hydrogen-bond acceptors (Lipinski definition) is 6. The largest absolute Gasteiger partial charge is 0.497 e. The zero-order valence-electron chi connectivity index (χ0n) is 13.9. The van der Waals surface area contributed by atoms with E-state index in [0.717, 1.165) is 11.3 Å². The number of ether oxygens (including phenoxy) is 2. The third kappa shape index (κ3) is 3.61. The van der Waals surface area contributed by atoms with Gasteiger partial charge in [0, 0.05) is 11.3 Å². The third-order valence-electron chi connectivity index (χ3n) is 3.41. The first-order chi connectivity index (χ1) is 11.0. The standard InChI is InChI=1S/C16H22N4O3/c1-5-23-14(21)9-20-16(15(10(2)3)18-19-20)12-8-11(22-4)6-7-13(12)17/h6-8,10H,5,9,17H2,1-4H3. The summed E-state index contributed by atoms with van der Waals surface area (Å²) >= 11 is 0. The summed E-state index contributed by atoms with van der Waals surface area (Å²) in [6.45, 7) is 6.09. The smallest absolute Gasteiger partial charge is 0.327 e. The number of carbonyl (C=O) groups is 1. The van der Waals surface area contributed by atoms with Crippen molar-refractivity contribution in [3.05, 3.63) is 23.9 Å². The molecule has 0 amide bonds. The van der Waals surface area contributed by atoms with Gasteiger partial charge in [-0.1, -0.05) is 19.1 Å². The topological polar surface area (TPSA) is 92.3 Å². The minimum absolute atomic E-state index is 0.0143.